The Kier molecular flexibility index (Phi) is 4.07. The van der Waals surface area contributed by atoms with Gasteiger partial charge in [-0.2, -0.15) is 0 Å². The van der Waals surface area contributed by atoms with Crippen LogP contribution in [0, 0.1) is 11.6 Å². The average Bonchev–Trinajstić information content (AvgIpc) is 2.38. The van der Waals surface area contributed by atoms with Crippen LogP contribution in [-0.4, -0.2) is 6.54 Å². The zero-order valence-corrected chi connectivity index (χ0v) is 9.74. The highest BCUT2D eigenvalue weighted by Crippen LogP contribution is 2.14. The fourth-order valence-electron chi connectivity index (χ4n) is 1.56. The minimum Gasteiger partial charge on any atom is -0.379 e. The van der Waals surface area contributed by atoms with Crippen LogP contribution in [0.4, 0.5) is 14.5 Å². The van der Waals surface area contributed by atoms with Gasteiger partial charge in [-0.25, -0.2) is 8.78 Å². The van der Waals surface area contributed by atoms with Crippen LogP contribution in [0.2, 0.25) is 0 Å². The molecule has 0 aliphatic carbocycles. The lowest BCUT2D eigenvalue weighted by atomic mass is 10.2. The molecule has 0 unspecified atom stereocenters. The van der Waals surface area contributed by atoms with Crippen molar-refractivity contribution in [2.45, 2.75) is 0 Å². The van der Waals surface area contributed by atoms with E-state index in [1.807, 2.05) is 42.5 Å². The molecule has 18 heavy (non-hydrogen) atoms. The molecule has 0 aromatic heterocycles. The number of hydrogen-bond acceptors (Lipinski definition) is 1. The molecule has 0 aliphatic rings. The normalized spacial score (nSPS) is 10.8. The van der Waals surface area contributed by atoms with Gasteiger partial charge >= 0.3 is 0 Å². The van der Waals surface area contributed by atoms with E-state index in [4.69, 9.17) is 0 Å². The first-order valence-corrected chi connectivity index (χ1v) is 5.66. The van der Waals surface area contributed by atoms with Gasteiger partial charge in [-0.1, -0.05) is 42.5 Å². The predicted molar refractivity (Wildman–Crippen MR) is 70.3 cm³/mol. The van der Waals surface area contributed by atoms with Gasteiger partial charge < -0.3 is 5.32 Å². The molecule has 2 aromatic rings. The Balaban J connectivity index is 1.91. The van der Waals surface area contributed by atoms with Crippen molar-refractivity contribution in [1.82, 2.24) is 0 Å². The quantitative estimate of drug-likeness (QED) is 0.855. The van der Waals surface area contributed by atoms with Gasteiger partial charge in [0.05, 0.1) is 5.69 Å². The standard InChI is InChI=1S/C15H13F2N/c16-13-8-9-15(14(17)11-13)18-10-4-7-12-5-2-1-3-6-12/h1-9,11,18H,10H2. The van der Waals surface area contributed by atoms with Crippen LogP contribution in [0.5, 0.6) is 0 Å². The Labute approximate surface area is 105 Å². The monoisotopic (exact) mass is 245 g/mol. The molecule has 0 amide bonds. The van der Waals surface area contributed by atoms with E-state index >= 15 is 0 Å². The smallest absolute Gasteiger partial charge is 0.149 e. The van der Waals surface area contributed by atoms with E-state index in [0.29, 0.717) is 12.2 Å². The Morgan fingerprint density at radius 2 is 1.78 bits per heavy atom. The summed E-state index contributed by atoms with van der Waals surface area (Å²) in [6.07, 6.45) is 3.83. The van der Waals surface area contributed by atoms with Crippen LogP contribution in [0.1, 0.15) is 5.56 Å². The highest BCUT2D eigenvalue weighted by molar-refractivity contribution is 5.51. The number of hydrogen-bond donors (Lipinski definition) is 1. The third kappa shape index (κ3) is 3.42. The first-order valence-electron chi connectivity index (χ1n) is 5.66. The number of anilines is 1. The molecule has 0 fully saturated rings. The summed E-state index contributed by atoms with van der Waals surface area (Å²) < 4.78 is 25.9. The second kappa shape index (κ2) is 5.96. The van der Waals surface area contributed by atoms with Crippen LogP contribution < -0.4 is 5.32 Å². The minimum absolute atomic E-state index is 0.300. The SMILES string of the molecule is Fc1ccc(NCC=Cc2ccccc2)c(F)c1. The van der Waals surface area contributed by atoms with Gasteiger partial charge in [0.2, 0.25) is 0 Å². The number of halogens is 2. The first-order chi connectivity index (χ1) is 8.75. The largest absolute Gasteiger partial charge is 0.379 e. The predicted octanol–water partition coefficient (Wildman–Crippen LogP) is 4.09. The van der Waals surface area contributed by atoms with Gasteiger partial charge in [0, 0.05) is 12.6 Å². The molecule has 2 aromatic carbocycles. The average molecular weight is 245 g/mol. The molecule has 0 aliphatic heterocycles. The first kappa shape index (κ1) is 12.3. The number of nitrogens with one attached hydrogen (secondary N) is 1. The molecular formula is C15H13F2N. The van der Waals surface area contributed by atoms with Gasteiger partial charge in [0.1, 0.15) is 11.6 Å². The lowest BCUT2D eigenvalue weighted by molar-refractivity contribution is 0.585. The fourth-order valence-corrected chi connectivity index (χ4v) is 1.56. The van der Waals surface area contributed by atoms with Crippen LogP contribution in [0.15, 0.2) is 54.6 Å². The molecule has 0 radical (unpaired) electrons. The van der Waals surface area contributed by atoms with Gasteiger partial charge in [-0.05, 0) is 17.7 Å². The van der Waals surface area contributed by atoms with Crippen molar-refractivity contribution in [3.63, 3.8) is 0 Å². The Morgan fingerprint density at radius 3 is 2.50 bits per heavy atom. The van der Waals surface area contributed by atoms with Crippen molar-refractivity contribution >= 4 is 11.8 Å². The molecular weight excluding hydrogens is 232 g/mol. The maximum Gasteiger partial charge on any atom is 0.149 e. The molecule has 0 bridgehead atoms. The van der Waals surface area contributed by atoms with Gasteiger partial charge in [-0.15, -0.1) is 0 Å². The third-order valence-corrected chi connectivity index (χ3v) is 2.45. The maximum atomic E-state index is 13.3. The molecule has 0 heterocycles. The Morgan fingerprint density at radius 1 is 1.00 bits per heavy atom. The van der Waals surface area contributed by atoms with Gasteiger partial charge in [0.15, 0.2) is 0 Å². The summed E-state index contributed by atoms with van der Waals surface area (Å²) >= 11 is 0. The van der Waals surface area contributed by atoms with Crippen molar-refractivity contribution in [3.05, 3.63) is 71.8 Å². The fraction of sp³-hybridized carbons (Fsp3) is 0.0667. The van der Waals surface area contributed by atoms with Gasteiger partial charge in [0.25, 0.3) is 0 Å². The number of rotatable bonds is 4. The lowest BCUT2D eigenvalue weighted by Gasteiger charge is -2.04. The van der Waals surface area contributed by atoms with Crippen LogP contribution in [-0.2, 0) is 0 Å². The third-order valence-electron chi connectivity index (χ3n) is 2.45. The van der Waals surface area contributed by atoms with Crippen LogP contribution in [0.25, 0.3) is 6.08 Å². The zero-order valence-electron chi connectivity index (χ0n) is 9.74. The second-order valence-electron chi connectivity index (χ2n) is 3.82. The van der Waals surface area contributed by atoms with Crippen molar-refractivity contribution in [1.29, 1.82) is 0 Å². The lowest BCUT2D eigenvalue weighted by Crippen LogP contribution is -2.00. The molecule has 1 nitrogen and oxygen atoms in total. The highest BCUT2D eigenvalue weighted by Gasteiger charge is 2.01. The summed E-state index contributed by atoms with van der Waals surface area (Å²) in [5, 5.41) is 2.88. The molecule has 0 atom stereocenters. The molecule has 2 rings (SSSR count). The van der Waals surface area contributed by atoms with E-state index < -0.39 is 11.6 Å². The second-order valence-corrected chi connectivity index (χ2v) is 3.82. The molecule has 0 saturated carbocycles. The summed E-state index contributed by atoms with van der Waals surface area (Å²) in [4.78, 5) is 0. The number of benzene rings is 2. The Hall–Kier alpha value is -2.16. The van der Waals surface area contributed by atoms with E-state index in [0.717, 1.165) is 11.6 Å². The summed E-state index contributed by atoms with van der Waals surface area (Å²) in [6, 6.07) is 13.3. The minimum atomic E-state index is -0.580. The summed E-state index contributed by atoms with van der Waals surface area (Å²) in [7, 11) is 0. The van der Waals surface area contributed by atoms with E-state index in [-0.39, 0.29) is 0 Å². The van der Waals surface area contributed by atoms with Gasteiger partial charge in [-0.3, -0.25) is 0 Å². The molecule has 0 saturated heterocycles. The summed E-state index contributed by atoms with van der Waals surface area (Å²) in [5.41, 5.74) is 1.38. The maximum absolute atomic E-state index is 13.3. The van der Waals surface area contributed by atoms with Crippen molar-refractivity contribution in [2.24, 2.45) is 0 Å². The summed E-state index contributed by atoms with van der Waals surface area (Å²) in [6.45, 7) is 0.484. The summed E-state index contributed by atoms with van der Waals surface area (Å²) in [5.74, 6) is -1.15. The molecule has 3 heteroatoms. The molecule has 0 spiro atoms. The van der Waals surface area contributed by atoms with Crippen LogP contribution in [0.3, 0.4) is 0 Å². The van der Waals surface area contributed by atoms with E-state index in [1.54, 1.807) is 0 Å². The molecule has 92 valence electrons. The highest BCUT2D eigenvalue weighted by atomic mass is 19.1. The molecule has 1 N–H and O–H groups in total. The topological polar surface area (TPSA) is 12.0 Å². The van der Waals surface area contributed by atoms with Crippen molar-refractivity contribution in [3.8, 4) is 0 Å². The van der Waals surface area contributed by atoms with E-state index in [1.165, 1.54) is 12.1 Å². The van der Waals surface area contributed by atoms with Crippen molar-refractivity contribution in [2.75, 3.05) is 11.9 Å². The van der Waals surface area contributed by atoms with Crippen molar-refractivity contribution < 1.29 is 8.78 Å². The van der Waals surface area contributed by atoms with E-state index in [2.05, 4.69) is 5.32 Å². The van der Waals surface area contributed by atoms with Crippen LogP contribution >= 0.6 is 0 Å². The Bertz CT molecular complexity index is 535. The zero-order chi connectivity index (χ0) is 12.8. The van der Waals surface area contributed by atoms with E-state index in [9.17, 15) is 8.78 Å².